The Kier molecular flexibility index (Phi) is 8.68. The molecule has 0 fully saturated rings. The molecule has 0 spiro atoms. The first-order valence-electron chi connectivity index (χ1n) is 9.89. The molecule has 0 aromatic heterocycles. The number of amides is 1. The van der Waals surface area contributed by atoms with Crippen molar-refractivity contribution in [2.24, 2.45) is 4.99 Å². The highest BCUT2D eigenvalue weighted by molar-refractivity contribution is 5.94. The predicted molar refractivity (Wildman–Crippen MR) is 120 cm³/mol. The molecule has 2 N–H and O–H groups in total. The number of carbonyl (C=O) groups excluding carboxylic acids is 1. The molecule has 0 aliphatic heterocycles. The van der Waals surface area contributed by atoms with E-state index >= 15 is 0 Å². The molecule has 0 heterocycles. The van der Waals surface area contributed by atoms with Gasteiger partial charge in [-0.2, -0.15) is 0 Å². The molecule has 0 radical (unpaired) electrons. The van der Waals surface area contributed by atoms with Gasteiger partial charge in [0.15, 0.2) is 5.96 Å². The van der Waals surface area contributed by atoms with Crippen LogP contribution in [0.15, 0.2) is 59.6 Å². The van der Waals surface area contributed by atoms with Gasteiger partial charge < -0.3 is 20.4 Å². The summed E-state index contributed by atoms with van der Waals surface area (Å²) in [7, 11) is 9.47. The Bertz CT molecular complexity index is 802. The molecule has 2 aromatic rings. The van der Waals surface area contributed by atoms with Crippen molar-refractivity contribution in [2.45, 2.75) is 12.5 Å². The van der Waals surface area contributed by atoms with E-state index in [2.05, 4.69) is 58.9 Å². The van der Waals surface area contributed by atoms with Crippen molar-refractivity contribution in [3.8, 4) is 0 Å². The lowest BCUT2D eigenvalue weighted by atomic mass is 10.1. The zero-order valence-corrected chi connectivity index (χ0v) is 18.1. The zero-order chi connectivity index (χ0) is 21.2. The maximum absolute atomic E-state index is 12.1. The molecule has 1 unspecified atom stereocenters. The molecule has 29 heavy (non-hydrogen) atoms. The fourth-order valence-corrected chi connectivity index (χ4v) is 3.13. The Morgan fingerprint density at radius 2 is 1.72 bits per heavy atom. The zero-order valence-electron chi connectivity index (χ0n) is 18.1. The molecule has 2 aromatic carbocycles. The van der Waals surface area contributed by atoms with Crippen LogP contribution in [0.5, 0.6) is 0 Å². The Labute approximate surface area is 174 Å². The molecule has 6 nitrogen and oxygen atoms in total. The van der Waals surface area contributed by atoms with Crippen LogP contribution in [0.4, 0.5) is 0 Å². The average molecular weight is 396 g/mol. The summed E-state index contributed by atoms with van der Waals surface area (Å²) in [6.45, 7) is 1.49. The topological polar surface area (TPSA) is 60.0 Å². The van der Waals surface area contributed by atoms with Crippen molar-refractivity contribution >= 4 is 11.9 Å². The lowest BCUT2D eigenvalue weighted by Gasteiger charge is -2.26. The lowest BCUT2D eigenvalue weighted by molar-refractivity contribution is 0.0827. The molecule has 2 rings (SSSR count). The molecule has 0 aliphatic rings. The Hall–Kier alpha value is -2.86. The second kappa shape index (κ2) is 11.2. The summed E-state index contributed by atoms with van der Waals surface area (Å²) in [5.74, 6) is 0.793. The molecule has 0 saturated heterocycles. The molecular formula is C23H33N5O. The minimum atomic E-state index is 0.0212. The van der Waals surface area contributed by atoms with E-state index in [9.17, 15) is 4.79 Å². The third kappa shape index (κ3) is 6.91. The summed E-state index contributed by atoms with van der Waals surface area (Å²) in [6, 6.07) is 18.5. The van der Waals surface area contributed by atoms with Crippen LogP contribution >= 0.6 is 0 Å². The van der Waals surface area contributed by atoms with E-state index in [1.54, 1.807) is 26.0 Å². The molecular weight excluding hydrogens is 362 g/mol. The number of hydrogen-bond donors (Lipinski definition) is 2. The van der Waals surface area contributed by atoms with E-state index in [0.29, 0.717) is 5.56 Å². The maximum atomic E-state index is 12.1. The van der Waals surface area contributed by atoms with Gasteiger partial charge >= 0.3 is 0 Å². The Morgan fingerprint density at radius 1 is 1.00 bits per heavy atom. The molecule has 156 valence electrons. The van der Waals surface area contributed by atoms with Crippen molar-refractivity contribution in [3.05, 3.63) is 71.3 Å². The monoisotopic (exact) mass is 395 g/mol. The van der Waals surface area contributed by atoms with Crippen molar-refractivity contribution in [2.75, 3.05) is 48.3 Å². The first-order valence-corrected chi connectivity index (χ1v) is 9.89. The van der Waals surface area contributed by atoms with Crippen LogP contribution in [0.25, 0.3) is 0 Å². The number of benzene rings is 2. The van der Waals surface area contributed by atoms with Gasteiger partial charge in [-0.25, -0.2) is 0 Å². The standard InChI is InChI=1S/C23H33N5O/c1-24-23(26-17-21(27(2)3)19-11-7-6-8-12-19)25-15-14-18-10-9-13-20(16-18)22(29)28(4)5/h6-13,16,21H,14-15,17H2,1-5H3,(H2,24,25,26). The highest BCUT2D eigenvalue weighted by atomic mass is 16.2. The number of nitrogens with zero attached hydrogens (tertiary/aromatic N) is 3. The number of rotatable bonds is 8. The van der Waals surface area contributed by atoms with Crippen LogP contribution < -0.4 is 10.6 Å². The van der Waals surface area contributed by atoms with Gasteiger partial charge in [0.1, 0.15) is 0 Å². The second-order valence-corrected chi connectivity index (χ2v) is 7.42. The van der Waals surface area contributed by atoms with Crippen LogP contribution in [0.2, 0.25) is 0 Å². The van der Waals surface area contributed by atoms with Gasteiger partial charge in [0, 0.05) is 39.8 Å². The van der Waals surface area contributed by atoms with Crippen LogP contribution in [0, 0.1) is 0 Å². The summed E-state index contributed by atoms with van der Waals surface area (Å²) >= 11 is 0. The number of likely N-dealkylation sites (N-methyl/N-ethyl adjacent to an activating group) is 1. The Morgan fingerprint density at radius 3 is 2.34 bits per heavy atom. The minimum absolute atomic E-state index is 0.0212. The molecule has 0 aliphatic carbocycles. The van der Waals surface area contributed by atoms with Crippen molar-refractivity contribution in [3.63, 3.8) is 0 Å². The van der Waals surface area contributed by atoms with Crippen LogP contribution in [-0.4, -0.2) is 70.0 Å². The lowest BCUT2D eigenvalue weighted by Crippen LogP contribution is -2.42. The van der Waals surface area contributed by atoms with Gasteiger partial charge in [-0.05, 0) is 43.8 Å². The number of aliphatic imine (C=N–C) groups is 1. The molecule has 0 saturated carbocycles. The van der Waals surface area contributed by atoms with Gasteiger partial charge in [-0.1, -0.05) is 42.5 Å². The van der Waals surface area contributed by atoms with Gasteiger partial charge in [0.2, 0.25) is 0 Å². The second-order valence-electron chi connectivity index (χ2n) is 7.42. The number of carbonyl (C=O) groups is 1. The molecule has 1 amide bonds. The normalized spacial score (nSPS) is 12.6. The predicted octanol–water partition coefficient (Wildman–Crippen LogP) is 2.40. The van der Waals surface area contributed by atoms with E-state index in [-0.39, 0.29) is 11.9 Å². The van der Waals surface area contributed by atoms with Crippen LogP contribution in [-0.2, 0) is 6.42 Å². The van der Waals surface area contributed by atoms with Gasteiger partial charge in [0.05, 0.1) is 6.04 Å². The van der Waals surface area contributed by atoms with Crippen molar-refractivity contribution in [1.29, 1.82) is 0 Å². The number of guanidine groups is 1. The smallest absolute Gasteiger partial charge is 0.253 e. The SMILES string of the molecule is CN=C(NCCc1cccc(C(=O)N(C)C)c1)NCC(c1ccccc1)N(C)C. The number of nitrogens with one attached hydrogen (secondary N) is 2. The largest absolute Gasteiger partial charge is 0.356 e. The van der Waals surface area contributed by atoms with Crippen molar-refractivity contribution < 1.29 is 4.79 Å². The van der Waals surface area contributed by atoms with E-state index in [1.807, 2.05) is 30.3 Å². The Balaban J connectivity index is 1.88. The van der Waals surface area contributed by atoms with Gasteiger partial charge in [-0.15, -0.1) is 0 Å². The first-order chi connectivity index (χ1) is 13.9. The molecule has 0 bridgehead atoms. The summed E-state index contributed by atoms with van der Waals surface area (Å²) in [4.78, 5) is 20.2. The number of hydrogen-bond acceptors (Lipinski definition) is 3. The summed E-state index contributed by atoms with van der Waals surface area (Å²) in [6.07, 6.45) is 0.811. The fourth-order valence-electron chi connectivity index (χ4n) is 3.13. The fraction of sp³-hybridized carbons (Fsp3) is 0.391. The van der Waals surface area contributed by atoms with Crippen LogP contribution in [0.3, 0.4) is 0 Å². The van der Waals surface area contributed by atoms with E-state index in [0.717, 1.165) is 31.0 Å². The van der Waals surface area contributed by atoms with E-state index < -0.39 is 0 Å². The summed E-state index contributed by atoms with van der Waals surface area (Å²) in [5.41, 5.74) is 3.10. The van der Waals surface area contributed by atoms with Crippen LogP contribution in [0.1, 0.15) is 27.5 Å². The quantitative estimate of drug-likeness (QED) is 0.532. The van der Waals surface area contributed by atoms with Gasteiger partial charge in [-0.3, -0.25) is 9.79 Å². The van der Waals surface area contributed by atoms with E-state index in [4.69, 9.17) is 0 Å². The maximum Gasteiger partial charge on any atom is 0.253 e. The summed E-state index contributed by atoms with van der Waals surface area (Å²) in [5, 5.41) is 6.78. The van der Waals surface area contributed by atoms with Gasteiger partial charge in [0.25, 0.3) is 5.91 Å². The first kappa shape index (κ1) is 22.4. The third-order valence-corrected chi connectivity index (χ3v) is 4.78. The summed E-state index contributed by atoms with van der Waals surface area (Å²) < 4.78 is 0. The van der Waals surface area contributed by atoms with Crippen molar-refractivity contribution in [1.82, 2.24) is 20.4 Å². The molecule has 1 atom stereocenters. The van der Waals surface area contributed by atoms with E-state index in [1.165, 1.54) is 5.56 Å². The average Bonchev–Trinajstić information content (AvgIpc) is 2.72. The highest BCUT2D eigenvalue weighted by Gasteiger charge is 2.14. The third-order valence-electron chi connectivity index (χ3n) is 4.78. The molecule has 6 heteroatoms. The highest BCUT2D eigenvalue weighted by Crippen LogP contribution is 2.16. The minimum Gasteiger partial charge on any atom is -0.356 e.